The minimum absolute atomic E-state index is 0.0443. The Bertz CT molecular complexity index is 1200. The summed E-state index contributed by atoms with van der Waals surface area (Å²) in [6, 6.07) is 4.60. The Balaban J connectivity index is 1.54. The zero-order chi connectivity index (χ0) is 22.9. The third-order valence-electron chi connectivity index (χ3n) is 5.58. The van der Waals surface area contributed by atoms with Crippen LogP contribution in [0.3, 0.4) is 0 Å². The molecule has 0 saturated carbocycles. The number of halogens is 2. The summed E-state index contributed by atoms with van der Waals surface area (Å²) in [7, 11) is -3.11. The molecule has 6 nitrogen and oxygen atoms in total. The summed E-state index contributed by atoms with van der Waals surface area (Å²) in [5, 5.41) is 7.12. The second-order valence-electron chi connectivity index (χ2n) is 7.98. The van der Waals surface area contributed by atoms with Crippen LogP contribution < -0.4 is 10.6 Å². The van der Waals surface area contributed by atoms with Gasteiger partial charge in [-0.1, -0.05) is 29.3 Å². The first-order valence-corrected chi connectivity index (χ1v) is 13.7. The molecule has 1 fully saturated rings. The number of nitrogens with one attached hydrogen (secondary N) is 2. The highest BCUT2D eigenvalue weighted by Gasteiger charge is 2.32. The maximum absolute atomic E-state index is 13.1. The van der Waals surface area contributed by atoms with Crippen LogP contribution in [-0.2, 0) is 27.5 Å². The Hall–Kier alpha value is -1.87. The van der Waals surface area contributed by atoms with Crippen molar-refractivity contribution in [2.45, 2.75) is 38.1 Å². The number of hydrogen-bond donors (Lipinski definition) is 2. The van der Waals surface area contributed by atoms with E-state index in [0.717, 1.165) is 36.1 Å². The van der Waals surface area contributed by atoms with Gasteiger partial charge in [0.2, 0.25) is 5.91 Å². The van der Waals surface area contributed by atoms with E-state index in [0.29, 0.717) is 32.6 Å². The monoisotopic (exact) mass is 512 g/mol. The molecule has 1 aromatic heterocycles. The number of hydrogen-bond acceptors (Lipinski definition) is 5. The third-order valence-corrected chi connectivity index (χ3v) is 9.12. The van der Waals surface area contributed by atoms with Crippen molar-refractivity contribution in [1.29, 1.82) is 0 Å². The zero-order valence-electron chi connectivity index (χ0n) is 17.1. The predicted molar refractivity (Wildman–Crippen MR) is 130 cm³/mol. The van der Waals surface area contributed by atoms with Gasteiger partial charge in [-0.25, -0.2) is 8.42 Å². The molecule has 0 radical (unpaired) electrons. The maximum Gasteiger partial charge on any atom is 0.254 e. The molecule has 32 heavy (non-hydrogen) atoms. The first-order valence-electron chi connectivity index (χ1n) is 10.3. The van der Waals surface area contributed by atoms with E-state index < -0.39 is 15.9 Å². The van der Waals surface area contributed by atoms with Crippen LogP contribution in [0, 0.1) is 0 Å². The summed E-state index contributed by atoms with van der Waals surface area (Å²) in [4.78, 5) is 26.8. The number of amides is 2. The van der Waals surface area contributed by atoms with E-state index in [1.54, 1.807) is 24.3 Å². The fourth-order valence-corrected chi connectivity index (χ4v) is 7.45. The molecule has 2 aliphatic rings. The number of rotatable bonds is 5. The van der Waals surface area contributed by atoms with Crippen molar-refractivity contribution < 1.29 is 18.0 Å². The molecule has 1 aliphatic heterocycles. The third kappa shape index (κ3) is 5.36. The maximum atomic E-state index is 13.1. The lowest BCUT2D eigenvalue weighted by atomic mass is 9.95. The number of carbonyl (C=O) groups excluding carboxylic acids is 2. The number of anilines is 1. The predicted octanol–water partition coefficient (Wildman–Crippen LogP) is 4.50. The zero-order valence-corrected chi connectivity index (χ0v) is 20.3. The van der Waals surface area contributed by atoms with Gasteiger partial charge in [0, 0.05) is 27.0 Å². The highest BCUT2D eigenvalue weighted by atomic mass is 35.5. The van der Waals surface area contributed by atoms with E-state index in [1.807, 2.05) is 0 Å². The molecule has 1 unspecified atom stereocenters. The van der Waals surface area contributed by atoms with Crippen LogP contribution in [-0.4, -0.2) is 37.8 Å². The van der Waals surface area contributed by atoms with E-state index in [2.05, 4.69) is 10.6 Å². The quantitative estimate of drug-likeness (QED) is 0.576. The lowest BCUT2D eigenvalue weighted by Gasteiger charge is -2.15. The van der Waals surface area contributed by atoms with Crippen LogP contribution in [0.1, 0.15) is 45.6 Å². The van der Waals surface area contributed by atoms with Gasteiger partial charge in [0.1, 0.15) is 5.00 Å². The lowest BCUT2D eigenvalue weighted by Crippen LogP contribution is -2.36. The SMILES string of the molecule is O=C(/C=C/c1ccc(Cl)cc1Cl)Nc1sc2c(c1C(=O)NC1CCS(=O)(=O)C1)CCCC2. The minimum atomic E-state index is -3.11. The highest BCUT2D eigenvalue weighted by molar-refractivity contribution is 7.91. The standard InChI is InChI=1S/C22H22Cl2N2O4S2/c23-14-7-5-13(17(24)11-14)6-8-19(27)26-22-20(16-3-1-2-4-18(16)31-22)21(28)25-15-9-10-32(29,30)12-15/h5-8,11,15H,1-4,9-10,12H2,(H,25,28)(H,26,27)/b8-6+. The summed E-state index contributed by atoms with van der Waals surface area (Å²) in [5.41, 5.74) is 2.07. The van der Waals surface area contributed by atoms with Crippen molar-refractivity contribution in [1.82, 2.24) is 5.32 Å². The topological polar surface area (TPSA) is 92.3 Å². The summed E-state index contributed by atoms with van der Waals surface area (Å²) in [6.45, 7) is 0. The second kappa shape index (κ2) is 9.55. The Kier molecular flexibility index (Phi) is 6.95. The molecule has 1 aromatic carbocycles. The van der Waals surface area contributed by atoms with E-state index >= 15 is 0 Å². The van der Waals surface area contributed by atoms with Gasteiger partial charge in [0.15, 0.2) is 9.84 Å². The van der Waals surface area contributed by atoms with E-state index in [-0.39, 0.29) is 23.3 Å². The normalized spacial score (nSPS) is 19.6. The molecule has 2 aromatic rings. The van der Waals surface area contributed by atoms with Crippen molar-refractivity contribution in [2.24, 2.45) is 0 Å². The lowest BCUT2D eigenvalue weighted by molar-refractivity contribution is -0.111. The van der Waals surface area contributed by atoms with Gasteiger partial charge in [-0.2, -0.15) is 0 Å². The Morgan fingerprint density at radius 1 is 1.16 bits per heavy atom. The van der Waals surface area contributed by atoms with Crippen LogP contribution in [0.15, 0.2) is 24.3 Å². The van der Waals surface area contributed by atoms with E-state index in [9.17, 15) is 18.0 Å². The van der Waals surface area contributed by atoms with Gasteiger partial charge in [-0.15, -0.1) is 11.3 Å². The van der Waals surface area contributed by atoms with E-state index in [1.165, 1.54) is 17.4 Å². The van der Waals surface area contributed by atoms with Crippen LogP contribution in [0.5, 0.6) is 0 Å². The Morgan fingerprint density at radius 3 is 2.66 bits per heavy atom. The molecule has 2 amide bonds. The van der Waals surface area contributed by atoms with Crippen LogP contribution in [0.25, 0.3) is 6.08 Å². The summed E-state index contributed by atoms with van der Waals surface area (Å²) >= 11 is 13.5. The van der Waals surface area contributed by atoms with Crippen molar-refractivity contribution >= 4 is 67.3 Å². The molecule has 1 aliphatic carbocycles. The van der Waals surface area contributed by atoms with Crippen molar-refractivity contribution in [2.75, 3.05) is 16.8 Å². The molecular formula is C22H22Cl2N2O4S2. The summed E-state index contributed by atoms with van der Waals surface area (Å²) < 4.78 is 23.5. The van der Waals surface area contributed by atoms with Crippen molar-refractivity contribution in [3.05, 3.63) is 55.9 Å². The highest BCUT2D eigenvalue weighted by Crippen LogP contribution is 2.38. The Labute approximate surface area is 200 Å². The van der Waals surface area contributed by atoms with Gasteiger partial charge in [-0.05, 0) is 61.4 Å². The number of aryl methyl sites for hydroxylation is 1. The minimum Gasteiger partial charge on any atom is -0.348 e. The van der Waals surface area contributed by atoms with Gasteiger partial charge >= 0.3 is 0 Å². The van der Waals surface area contributed by atoms with Gasteiger partial charge in [-0.3, -0.25) is 9.59 Å². The summed E-state index contributed by atoms with van der Waals surface area (Å²) in [6.07, 6.45) is 7.01. The fraction of sp³-hybridized carbons (Fsp3) is 0.364. The molecule has 170 valence electrons. The van der Waals surface area contributed by atoms with E-state index in [4.69, 9.17) is 23.2 Å². The fourth-order valence-electron chi connectivity index (χ4n) is 4.02. The van der Waals surface area contributed by atoms with Crippen LogP contribution >= 0.6 is 34.5 Å². The number of carbonyl (C=O) groups is 2. The van der Waals surface area contributed by atoms with Gasteiger partial charge in [0.05, 0.1) is 17.1 Å². The second-order valence-corrected chi connectivity index (χ2v) is 12.2. The molecule has 1 saturated heterocycles. The molecule has 1 atom stereocenters. The van der Waals surface area contributed by atoms with Gasteiger partial charge < -0.3 is 10.6 Å². The molecule has 4 rings (SSSR count). The molecule has 0 spiro atoms. The summed E-state index contributed by atoms with van der Waals surface area (Å²) in [5.74, 6) is -0.669. The number of fused-ring (bicyclic) bond motifs is 1. The van der Waals surface area contributed by atoms with Gasteiger partial charge in [0.25, 0.3) is 5.91 Å². The number of sulfone groups is 1. The molecule has 2 heterocycles. The molecule has 2 N–H and O–H groups in total. The van der Waals surface area contributed by atoms with Crippen molar-refractivity contribution in [3.63, 3.8) is 0 Å². The molecule has 0 bridgehead atoms. The average Bonchev–Trinajstić information content (AvgIpc) is 3.25. The average molecular weight is 513 g/mol. The molecule has 10 heteroatoms. The molecular weight excluding hydrogens is 491 g/mol. The Morgan fingerprint density at radius 2 is 1.94 bits per heavy atom. The first kappa shape index (κ1) is 23.3. The largest absolute Gasteiger partial charge is 0.348 e. The van der Waals surface area contributed by atoms with Crippen molar-refractivity contribution in [3.8, 4) is 0 Å². The number of thiophene rings is 1. The number of benzene rings is 1. The van der Waals surface area contributed by atoms with Crippen LogP contribution in [0.4, 0.5) is 5.00 Å². The first-order chi connectivity index (χ1) is 15.2. The van der Waals surface area contributed by atoms with Crippen LogP contribution in [0.2, 0.25) is 10.0 Å². The smallest absolute Gasteiger partial charge is 0.254 e.